The molecule has 3 N–H and O–H groups in total. The van der Waals surface area contributed by atoms with Gasteiger partial charge in [0.15, 0.2) is 5.12 Å². The summed E-state index contributed by atoms with van der Waals surface area (Å²) >= 11 is 1.22. The lowest BCUT2D eigenvalue weighted by Crippen LogP contribution is -2.37. The lowest BCUT2D eigenvalue weighted by atomic mass is 9.98. The maximum atomic E-state index is 12.5. The number of aromatic amines is 1. The average molecular weight is 481 g/mol. The van der Waals surface area contributed by atoms with Gasteiger partial charge in [-0.25, -0.2) is 0 Å². The number of nitrogens with one attached hydrogen (secondary N) is 3. The van der Waals surface area contributed by atoms with Gasteiger partial charge in [-0.2, -0.15) is 5.21 Å². The van der Waals surface area contributed by atoms with Crippen LogP contribution in [0.25, 0.3) is 22.5 Å². The van der Waals surface area contributed by atoms with Gasteiger partial charge in [0.05, 0.1) is 0 Å². The highest BCUT2D eigenvalue weighted by atomic mass is 32.2. The molecule has 1 aromatic heterocycles. The van der Waals surface area contributed by atoms with Crippen molar-refractivity contribution in [3.63, 3.8) is 0 Å². The van der Waals surface area contributed by atoms with E-state index >= 15 is 0 Å². The third kappa shape index (κ3) is 7.78. The fourth-order valence-corrected chi connectivity index (χ4v) is 4.42. The molecule has 1 heterocycles. The van der Waals surface area contributed by atoms with Crippen LogP contribution in [0.3, 0.4) is 0 Å². The standard InChI is InChI=1S/C25H32N6O2S/c1-17(2)14-21(16-34-18(3)32)25(33)27-13-12-26-15-19-8-10-20(11-9-19)22-6-4-5-7-23(22)24-28-30-31-29-24/h4-11,17,21,26H,12-16H2,1-3H3,(H,27,33)(H,28,29,30,31). The molecule has 34 heavy (non-hydrogen) atoms. The number of tetrazole rings is 1. The molecule has 3 aromatic rings. The van der Waals surface area contributed by atoms with Gasteiger partial charge in [0, 0.05) is 43.8 Å². The molecule has 1 unspecified atom stereocenters. The molecule has 1 amide bonds. The van der Waals surface area contributed by atoms with Crippen LogP contribution in [-0.2, 0) is 16.1 Å². The molecule has 1 atom stereocenters. The topological polar surface area (TPSA) is 113 Å². The Balaban J connectivity index is 1.47. The Labute approximate surface area is 204 Å². The van der Waals surface area contributed by atoms with Crippen LogP contribution in [0.4, 0.5) is 0 Å². The summed E-state index contributed by atoms with van der Waals surface area (Å²) in [6.07, 6.45) is 0.780. The molecule has 8 nitrogen and oxygen atoms in total. The number of rotatable bonds is 12. The van der Waals surface area contributed by atoms with Crippen molar-refractivity contribution in [3.8, 4) is 22.5 Å². The van der Waals surface area contributed by atoms with Crippen molar-refractivity contribution in [3.05, 3.63) is 54.1 Å². The van der Waals surface area contributed by atoms with Crippen LogP contribution in [0.1, 0.15) is 32.8 Å². The quantitative estimate of drug-likeness (QED) is 0.339. The van der Waals surface area contributed by atoms with Crippen LogP contribution in [0.5, 0.6) is 0 Å². The van der Waals surface area contributed by atoms with Gasteiger partial charge in [0.25, 0.3) is 0 Å². The molecule has 180 valence electrons. The number of benzene rings is 2. The second-order valence-corrected chi connectivity index (χ2v) is 9.77. The summed E-state index contributed by atoms with van der Waals surface area (Å²) in [5, 5.41) is 20.8. The average Bonchev–Trinajstić information content (AvgIpc) is 3.36. The Bertz CT molecular complexity index is 1050. The van der Waals surface area contributed by atoms with Crippen molar-refractivity contribution in [2.75, 3.05) is 18.8 Å². The van der Waals surface area contributed by atoms with Crippen molar-refractivity contribution in [1.29, 1.82) is 0 Å². The molecular weight excluding hydrogens is 448 g/mol. The fraction of sp³-hybridized carbons (Fsp3) is 0.400. The third-order valence-electron chi connectivity index (χ3n) is 5.32. The summed E-state index contributed by atoms with van der Waals surface area (Å²) in [5.41, 5.74) is 4.21. The monoisotopic (exact) mass is 480 g/mol. The Morgan fingerprint density at radius 1 is 1.03 bits per heavy atom. The Morgan fingerprint density at radius 2 is 1.76 bits per heavy atom. The van der Waals surface area contributed by atoms with Crippen molar-refractivity contribution in [2.45, 2.75) is 33.7 Å². The van der Waals surface area contributed by atoms with Gasteiger partial charge in [0.1, 0.15) is 0 Å². The van der Waals surface area contributed by atoms with E-state index in [1.165, 1.54) is 18.7 Å². The molecule has 0 fully saturated rings. The van der Waals surface area contributed by atoms with E-state index in [9.17, 15) is 9.59 Å². The summed E-state index contributed by atoms with van der Waals surface area (Å²) in [6, 6.07) is 16.3. The van der Waals surface area contributed by atoms with E-state index in [-0.39, 0.29) is 16.9 Å². The highest BCUT2D eigenvalue weighted by molar-refractivity contribution is 8.13. The summed E-state index contributed by atoms with van der Waals surface area (Å²) in [5.74, 6) is 1.39. The van der Waals surface area contributed by atoms with E-state index in [1.807, 2.05) is 24.3 Å². The first-order valence-corrected chi connectivity index (χ1v) is 12.5. The summed E-state index contributed by atoms with van der Waals surface area (Å²) in [4.78, 5) is 23.8. The van der Waals surface area contributed by atoms with Crippen LogP contribution in [0.2, 0.25) is 0 Å². The van der Waals surface area contributed by atoms with E-state index in [0.29, 0.717) is 37.1 Å². The van der Waals surface area contributed by atoms with Crippen LogP contribution >= 0.6 is 11.8 Å². The molecule has 3 rings (SSSR count). The lowest BCUT2D eigenvalue weighted by Gasteiger charge is -2.18. The smallest absolute Gasteiger partial charge is 0.224 e. The molecule has 0 aliphatic heterocycles. The summed E-state index contributed by atoms with van der Waals surface area (Å²) in [7, 11) is 0. The number of carbonyl (C=O) groups is 2. The largest absolute Gasteiger partial charge is 0.355 e. The first-order chi connectivity index (χ1) is 16.4. The van der Waals surface area contributed by atoms with Crippen LogP contribution in [0.15, 0.2) is 48.5 Å². The number of carbonyl (C=O) groups excluding carboxylic acids is 2. The van der Waals surface area contributed by atoms with Gasteiger partial charge in [-0.3, -0.25) is 9.59 Å². The summed E-state index contributed by atoms with van der Waals surface area (Å²) < 4.78 is 0. The van der Waals surface area contributed by atoms with E-state index < -0.39 is 0 Å². The molecule has 0 spiro atoms. The first kappa shape index (κ1) is 25.6. The second kappa shape index (κ2) is 13.0. The van der Waals surface area contributed by atoms with Crippen molar-refractivity contribution >= 4 is 22.8 Å². The minimum atomic E-state index is -0.142. The van der Waals surface area contributed by atoms with Gasteiger partial charge in [-0.1, -0.05) is 74.1 Å². The van der Waals surface area contributed by atoms with Crippen LogP contribution in [0, 0.1) is 11.8 Å². The van der Waals surface area contributed by atoms with Crippen LogP contribution < -0.4 is 10.6 Å². The molecule has 0 aliphatic carbocycles. The van der Waals surface area contributed by atoms with E-state index in [1.54, 1.807) is 0 Å². The minimum absolute atomic E-state index is 0.0221. The normalized spacial score (nSPS) is 12.0. The Hall–Kier alpha value is -3.04. The summed E-state index contributed by atoms with van der Waals surface area (Å²) in [6.45, 7) is 7.65. The van der Waals surface area contributed by atoms with E-state index in [2.05, 4.69) is 69.4 Å². The lowest BCUT2D eigenvalue weighted by molar-refractivity contribution is -0.124. The van der Waals surface area contributed by atoms with Crippen molar-refractivity contribution < 1.29 is 9.59 Å². The van der Waals surface area contributed by atoms with Crippen molar-refractivity contribution in [2.24, 2.45) is 11.8 Å². The molecule has 0 aliphatic rings. The third-order valence-corrected chi connectivity index (χ3v) is 6.30. The van der Waals surface area contributed by atoms with Gasteiger partial charge >= 0.3 is 0 Å². The molecule has 9 heteroatoms. The SMILES string of the molecule is CC(=O)SCC(CC(C)C)C(=O)NCCNCc1ccc(-c2ccccc2-c2nn[nH]n2)cc1. The number of H-pyrrole nitrogens is 1. The highest BCUT2D eigenvalue weighted by Gasteiger charge is 2.20. The molecule has 2 aromatic carbocycles. The number of amides is 1. The van der Waals surface area contributed by atoms with Crippen LogP contribution in [-0.4, -0.2) is 50.5 Å². The molecule has 0 radical (unpaired) electrons. The Kier molecular flexibility index (Phi) is 9.78. The van der Waals surface area contributed by atoms with E-state index in [0.717, 1.165) is 28.7 Å². The van der Waals surface area contributed by atoms with Gasteiger partial charge in [0.2, 0.25) is 11.7 Å². The number of nitrogens with zero attached hydrogens (tertiary/aromatic N) is 3. The van der Waals surface area contributed by atoms with Crippen molar-refractivity contribution in [1.82, 2.24) is 31.3 Å². The zero-order chi connectivity index (χ0) is 24.3. The molecular formula is C25H32N6O2S. The molecule has 0 saturated heterocycles. The van der Waals surface area contributed by atoms with E-state index in [4.69, 9.17) is 0 Å². The zero-order valence-electron chi connectivity index (χ0n) is 19.9. The fourth-order valence-electron chi connectivity index (χ4n) is 3.70. The number of aromatic nitrogens is 4. The first-order valence-electron chi connectivity index (χ1n) is 11.5. The van der Waals surface area contributed by atoms with Gasteiger partial charge in [-0.15, -0.1) is 10.2 Å². The highest BCUT2D eigenvalue weighted by Crippen LogP contribution is 2.29. The number of thioether (sulfide) groups is 1. The predicted octanol–water partition coefficient (Wildman–Crippen LogP) is 3.68. The number of hydrogen-bond acceptors (Lipinski definition) is 7. The molecule has 0 saturated carbocycles. The Morgan fingerprint density at radius 3 is 2.41 bits per heavy atom. The minimum Gasteiger partial charge on any atom is -0.355 e. The zero-order valence-corrected chi connectivity index (χ0v) is 20.7. The maximum Gasteiger partial charge on any atom is 0.224 e. The van der Waals surface area contributed by atoms with Gasteiger partial charge < -0.3 is 10.6 Å². The predicted molar refractivity (Wildman–Crippen MR) is 136 cm³/mol. The van der Waals surface area contributed by atoms with Gasteiger partial charge in [-0.05, 0) is 34.2 Å². The maximum absolute atomic E-state index is 12.5. The molecule has 0 bridgehead atoms. The number of hydrogen-bond donors (Lipinski definition) is 3. The second-order valence-electron chi connectivity index (χ2n) is 8.57.